The maximum Gasteiger partial charge on any atom is -0.0395 e. The molecular formula is C8H14O2. The summed E-state index contributed by atoms with van der Waals surface area (Å²) in [7, 11) is 0. The van der Waals surface area contributed by atoms with E-state index in [-0.39, 0.29) is 11.0 Å². The van der Waals surface area contributed by atoms with Gasteiger partial charge in [0, 0.05) is 0 Å². The van der Waals surface area contributed by atoms with E-state index in [1.54, 1.807) is 0 Å². The minimum atomic E-state index is 0. The van der Waals surface area contributed by atoms with Crippen molar-refractivity contribution >= 4 is 0 Å². The smallest absolute Gasteiger partial charge is 0.0395 e. The van der Waals surface area contributed by atoms with Crippen LogP contribution in [0.3, 0.4) is 0 Å². The summed E-state index contributed by atoms with van der Waals surface area (Å²) in [6.07, 6.45) is 0. The van der Waals surface area contributed by atoms with E-state index in [4.69, 9.17) is 0 Å². The van der Waals surface area contributed by atoms with E-state index < -0.39 is 0 Å². The summed E-state index contributed by atoms with van der Waals surface area (Å²) in [6.45, 7) is 4.24. The van der Waals surface area contributed by atoms with E-state index in [0.717, 1.165) is 0 Å². The van der Waals surface area contributed by atoms with Crippen molar-refractivity contribution in [2.24, 2.45) is 0 Å². The van der Waals surface area contributed by atoms with Crippen LogP contribution in [0.25, 0.3) is 0 Å². The summed E-state index contributed by atoms with van der Waals surface area (Å²) < 4.78 is 0. The van der Waals surface area contributed by atoms with Gasteiger partial charge in [0.15, 0.2) is 0 Å². The first-order valence-electron chi connectivity index (χ1n) is 2.83. The molecule has 1 aromatic rings. The molecule has 0 aliphatic rings. The minimum absolute atomic E-state index is 0. The number of benzene rings is 1. The van der Waals surface area contributed by atoms with Gasteiger partial charge in [0.2, 0.25) is 0 Å². The second-order valence-electron chi connectivity index (χ2n) is 2.08. The molecule has 4 N–H and O–H groups in total. The molecule has 0 saturated carbocycles. The molecule has 0 aliphatic carbocycles. The fraction of sp³-hybridized carbons (Fsp3) is 0.250. The number of hydrogen-bond acceptors (Lipinski definition) is 0. The third kappa shape index (κ3) is 2.62. The number of rotatable bonds is 0. The zero-order valence-electron chi connectivity index (χ0n) is 6.31. The van der Waals surface area contributed by atoms with Gasteiger partial charge in [0.25, 0.3) is 0 Å². The van der Waals surface area contributed by atoms with Gasteiger partial charge < -0.3 is 11.0 Å². The van der Waals surface area contributed by atoms with Crippen molar-refractivity contribution in [3.05, 3.63) is 35.4 Å². The summed E-state index contributed by atoms with van der Waals surface area (Å²) in [5.74, 6) is 0. The average molecular weight is 142 g/mol. The van der Waals surface area contributed by atoms with Crippen LogP contribution < -0.4 is 0 Å². The maximum absolute atomic E-state index is 2.12. The molecule has 0 aromatic heterocycles. The van der Waals surface area contributed by atoms with E-state index in [0.29, 0.717) is 0 Å². The van der Waals surface area contributed by atoms with Crippen LogP contribution in [0.1, 0.15) is 11.1 Å². The summed E-state index contributed by atoms with van der Waals surface area (Å²) in [4.78, 5) is 0. The Morgan fingerprint density at radius 3 is 1.30 bits per heavy atom. The van der Waals surface area contributed by atoms with Gasteiger partial charge in [-0.1, -0.05) is 24.3 Å². The van der Waals surface area contributed by atoms with Crippen molar-refractivity contribution in [3.63, 3.8) is 0 Å². The topological polar surface area (TPSA) is 63.0 Å². The lowest BCUT2D eigenvalue weighted by Crippen LogP contribution is -1.74. The Hall–Kier alpha value is -0.860. The molecule has 0 bridgehead atoms. The quantitative estimate of drug-likeness (QED) is 0.510. The Balaban J connectivity index is 0. The number of hydrogen-bond donors (Lipinski definition) is 0. The standard InChI is InChI=1S/C8H10.2H2O/c1-7-5-3-4-6-8(7)2;;/h3-6H,1-2H3;2*1H2. The second kappa shape index (κ2) is 4.97. The lowest BCUT2D eigenvalue weighted by atomic mass is 10.1. The summed E-state index contributed by atoms with van der Waals surface area (Å²) >= 11 is 0. The van der Waals surface area contributed by atoms with Crippen LogP contribution in [0, 0.1) is 13.8 Å². The fourth-order valence-electron chi connectivity index (χ4n) is 0.663. The van der Waals surface area contributed by atoms with Gasteiger partial charge in [-0.15, -0.1) is 0 Å². The molecule has 0 unspecified atom stereocenters. The predicted molar refractivity (Wildman–Crippen MR) is 43.1 cm³/mol. The molecule has 0 fully saturated rings. The zero-order chi connectivity index (χ0) is 5.98. The van der Waals surface area contributed by atoms with Gasteiger partial charge in [-0.05, 0) is 25.0 Å². The van der Waals surface area contributed by atoms with Gasteiger partial charge in [0.1, 0.15) is 0 Å². The molecule has 0 amide bonds. The van der Waals surface area contributed by atoms with Crippen molar-refractivity contribution in [1.29, 1.82) is 0 Å². The maximum atomic E-state index is 2.12. The van der Waals surface area contributed by atoms with E-state index in [2.05, 4.69) is 38.1 Å². The Bertz CT molecular complexity index is 163. The van der Waals surface area contributed by atoms with Crippen LogP contribution in [-0.4, -0.2) is 11.0 Å². The zero-order valence-corrected chi connectivity index (χ0v) is 6.31. The lowest BCUT2D eigenvalue weighted by Gasteiger charge is -1.93. The first-order chi connectivity index (χ1) is 3.80. The second-order valence-corrected chi connectivity index (χ2v) is 2.08. The van der Waals surface area contributed by atoms with Crippen LogP contribution in [0.4, 0.5) is 0 Å². The van der Waals surface area contributed by atoms with Gasteiger partial charge in [0.05, 0.1) is 0 Å². The lowest BCUT2D eigenvalue weighted by molar-refractivity contribution is 0.823. The summed E-state index contributed by atoms with van der Waals surface area (Å²) in [6, 6.07) is 8.36. The molecule has 2 heteroatoms. The van der Waals surface area contributed by atoms with Crippen LogP contribution in [0.2, 0.25) is 0 Å². The third-order valence-corrected chi connectivity index (χ3v) is 1.43. The molecule has 1 rings (SSSR count). The Morgan fingerprint density at radius 2 is 1.10 bits per heavy atom. The molecule has 0 aliphatic heterocycles. The molecule has 58 valence electrons. The van der Waals surface area contributed by atoms with E-state index in [9.17, 15) is 0 Å². The third-order valence-electron chi connectivity index (χ3n) is 1.43. The van der Waals surface area contributed by atoms with E-state index in [1.165, 1.54) is 11.1 Å². The highest BCUT2D eigenvalue weighted by atomic mass is 16.0. The molecule has 10 heavy (non-hydrogen) atoms. The summed E-state index contributed by atoms with van der Waals surface area (Å²) in [5, 5.41) is 0. The highest BCUT2D eigenvalue weighted by Crippen LogP contribution is 2.02. The molecule has 2 nitrogen and oxygen atoms in total. The average Bonchev–Trinajstić information content (AvgIpc) is 1.77. The van der Waals surface area contributed by atoms with Crippen molar-refractivity contribution in [3.8, 4) is 0 Å². The molecule has 0 atom stereocenters. The van der Waals surface area contributed by atoms with Crippen LogP contribution in [0.5, 0.6) is 0 Å². The first-order valence-corrected chi connectivity index (χ1v) is 2.83. The normalized spacial score (nSPS) is 7.40. The minimum Gasteiger partial charge on any atom is -0.412 e. The monoisotopic (exact) mass is 142 g/mol. The highest BCUT2D eigenvalue weighted by molar-refractivity contribution is 5.23. The van der Waals surface area contributed by atoms with Gasteiger partial charge in [-0.3, -0.25) is 0 Å². The fourth-order valence-corrected chi connectivity index (χ4v) is 0.663. The van der Waals surface area contributed by atoms with Crippen LogP contribution >= 0.6 is 0 Å². The van der Waals surface area contributed by atoms with Crippen molar-refractivity contribution < 1.29 is 11.0 Å². The van der Waals surface area contributed by atoms with Crippen molar-refractivity contribution in [2.75, 3.05) is 0 Å². The molecule has 0 heterocycles. The molecular weight excluding hydrogens is 128 g/mol. The van der Waals surface area contributed by atoms with Crippen molar-refractivity contribution in [1.82, 2.24) is 0 Å². The first kappa shape index (κ1) is 11.9. The SMILES string of the molecule is Cc1ccccc1C.O.O. The molecule has 0 saturated heterocycles. The van der Waals surface area contributed by atoms with Gasteiger partial charge >= 0.3 is 0 Å². The largest absolute Gasteiger partial charge is 0.412 e. The van der Waals surface area contributed by atoms with Gasteiger partial charge in [-0.2, -0.15) is 0 Å². The molecule has 1 aromatic carbocycles. The van der Waals surface area contributed by atoms with Crippen LogP contribution in [0.15, 0.2) is 24.3 Å². The Morgan fingerprint density at radius 1 is 0.800 bits per heavy atom. The number of aryl methyl sites for hydroxylation is 2. The Kier molecular flexibility index (Phi) is 5.90. The Labute approximate surface area is 61.1 Å². The van der Waals surface area contributed by atoms with E-state index >= 15 is 0 Å². The molecule has 0 radical (unpaired) electrons. The van der Waals surface area contributed by atoms with Crippen LogP contribution in [-0.2, 0) is 0 Å². The van der Waals surface area contributed by atoms with E-state index in [1.807, 2.05) is 0 Å². The van der Waals surface area contributed by atoms with Gasteiger partial charge in [-0.25, -0.2) is 0 Å². The predicted octanol–water partition coefficient (Wildman–Crippen LogP) is 0.654. The van der Waals surface area contributed by atoms with Crippen molar-refractivity contribution in [2.45, 2.75) is 13.8 Å². The summed E-state index contributed by atoms with van der Waals surface area (Å²) in [5.41, 5.74) is 2.74. The highest BCUT2D eigenvalue weighted by Gasteiger charge is 1.83. The molecule has 0 spiro atoms.